The lowest BCUT2D eigenvalue weighted by Gasteiger charge is -2.07. The van der Waals surface area contributed by atoms with Crippen LogP contribution in [0.3, 0.4) is 0 Å². The third-order valence-electron chi connectivity index (χ3n) is 3.59. The first-order chi connectivity index (χ1) is 9.76. The molecule has 1 aliphatic rings. The lowest BCUT2D eigenvalue weighted by molar-refractivity contribution is -0.104. The average Bonchev–Trinajstić information content (AvgIpc) is 2.82. The fourth-order valence-corrected chi connectivity index (χ4v) is 2.74. The van der Waals surface area contributed by atoms with E-state index in [0.717, 1.165) is 0 Å². The van der Waals surface area contributed by atoms with E-state index in [4.69, 9.17) is 0 Å². The van der Waals surface area contributed by atoms with Crippen molar-refractivity contribution in [3.63, 3.8) is 0 Å². The Bertz CT molecular complexity index is 763. The molecule has 1 aliphatic carbocycles. The van der Waals surface area contributed by atoms with Gasteiger partial charge in [0.05, 0.1) is 0 Å². The zero-order valence-corrected chi connectivity index (χ0v) is 10.3. The summed E-state index contributed by atoms with van der Waals surface area (Å²) in [6.45, 7) is 0. The van der Waals surface area contributed by atoms with Crippen LogP contribution in [0.5, 0.6) is 0 Å². The van der Waals surface area contributed by atoms with Crippen LogP contribution >= 0.6 is 0 Å². The molecule has 20 heavy (non-hydrogen) atoms. The normalized spacial score (nSPS) is 12.6. The van der Waals surface area contributed by atoms with Crippen molar-refractivity contribution in [2.75, 3.05) is 0 Å². The summed E-state index contributed by atoms with van der Waals surface area (Å²) < 4.78 is 0. The van der Waals surface area contributed by atoms with Crippen LogP contribution in [-0.2, 0) is 9.59 Å². The molecule has 0 spiro atoms. The highest BCUT2D eigenvalue weighted by Gasteiger charge is 2.25. The maximum atomic E-state index is 11.2. The molecule has 0 fully saturated rings. The molecule has 0 N–H and O–H groups in total. The lowest BCUT2D eigenvalue weighted by atomic mass is 9.94. The van der Waals surface area contributed by atoms with Crippen molar-refractivity contribution in [1.82, 2.24) is 0 Å². The maximum Gasteiger partial charge on any atom is 0.151 e. The lowest BCUT2D eigenvalue weighted by Crippen LogP contribution is -1.93. The molecule has 0 saturated heterocycles. The monoisotopic (exact) mass is 264 g/mol. The van der Waals surface area contributed by atoms with Crippen molar-refractivity contribution in [2.24, 2.45) is 0 Å². The van der Waals surface area contributed by atoms with Gasteiger partial charge in [-0.25, -0.2) is 0 Å². The van der Waals surface area contributed by atoms with Crippen molar-refractivity contribution < 1.29 is 19.2 Å². The van der Waals surface area contributed by atoms with Gasteiger partial charge in [0.15, 0.2) is 25.1 Å². The smallest absolute Gasteiger partial charge is 0.151 e. The second kappa shape index (κ2) is 4.35. The highest BCUT2D eigenvalue weighted by Crippen LogP contribution is 2.42. The molecule has 0 amide bonds. The van der Waals surface area contributed by atoms with Crippen LogP contribution in [0.2, 0.25) is 0 Å². The van der Waals surface area contributed by atoms with Gasteiger partial charge in [-0.2, -0.15) is 0 Å². The van der Waals surface area contributed by atoms with E-state index in [0.29, 0.717) is 69.3 Å². The van der Waals surface area contributed by atoms with Gasteiger partial charge in [-0.15, -0.1) is 0 Å². The summed E-state index contributed by atoms with van der Waals surface area (Å²) in [5.41, 5.74) is 2.49. The molecule has 0 heterocycles. The molecule has 3 rings (SSSR count). The second-order valence-electron chi connectivity index (χ2n) is 4.45. The SMILES string of the molecule is O=CC1=C(C=O)c2ccc(C=O)c3c(C=O)ccc1c23. The number of carbonyl (C=O) groups excluding carboxylic acids is 4. The van der Waals surface area contributed by atoms with Gasteiger partial charge in [0, 0.05) is 27.7 Å². The number of allylic oxidation sites excluding steroid dienone is 2. The van der Waals surface area contributed by atoms with Gasteiger partial charge in [-0.05, 0) is 16.5 Å². The quantitative estimate of drug-likeness (QED) is 0.793. The van der Waals surface area contributed by atoms with E-state index in [2.05, 4.69) is 0 Å². The number of benzene rings is 2. The second-order valence-corrected chi connectivity index (χ2v) is 4.45. The van der Waals surface area contributed by atoms with Gasteiger partial charge in [0.2, 0.25) is 0 Å². The summed E-state index contributed by atoms with van der Waals surface area (Å²) in [7, 11) is 0. The molecule has 0 aromatic heterocycles. The Hall–Kier alpha value is -2.88. The number of carbonyl (C=O) groups is 4. The summed E-state index contributed by atoms with van der Waals surface area (Å²) in [6.07, 6.45) is 2.57. The van der Waals surface area contributed by atoms with E-state index < -0.39 is 0 Å². The van der Waals surface area contributed by atoms with Crippen molar-refractivity contribution in [3.05, 3.63) is 46.5 Å². The van der Waals surface area contributed by atoms with E-state index in [-0.39, 0.29) is 0 Å². The molecule has 0 atom stereocenters. The third kappa shape index (κ3) is 1.36. The Balaban J connectivity index is 2.58. The van der Waals surface area contributed by atoms with Crippen molar-refractivity contribution in [1.29, 1.82) is 0 Å². The zero-order valence-electron chi connectivity index (χ0n) is 10.3. The summed E-state index contributed by atoms with van der Waals surface area (Å²) in [5.74, 6) is 0. The van der Waals surface area contributed by atoms with Crippen LogP contribution in [0, 0.1) is 0 Å². The maximum absolute atomic E-state index is 11.2. The summed E-state index contributed by atoms with van der Waals surface area (Å²) in [5, 5.41) is 1.10. The molecule has 2 aromatic carbocycles. The standard InChI is InChI=1S/C16H8O4/c17-5-9-1-3-11-13(7-19)14(8-20)12-4-2-10(6-18)15(9)16(11)12/h1-8H. The van der Waals surface area contributed by atoms with Crippen LogP contribution in [0.4, 0.5) is 0 Å². The highest BCUT2D eigenvalue weighted by molar-refractivity contribution is 6.38. The molecule has 0 bridgehead atoms. The third-order valence-corrected chi connectivity index (χ3v) is 3.59. The molecule has 0 radical (unpaired) electrons. The number of aldehydes is 4. The number of hydrogen-bond acceptors (Lipinski definition) is 4. The molecule has 2 aromatic rings. The predicted octanol–water partition coefficient (Wildman–Crippen LogP) is 2.09. The Labute approximate surface area is 113 Å². The molecular formula is C16H8O4. The molecule has 0 unspecified atom stereocenters. The minimum absolute atomic E-state index is 0.292. The first-order valence-electron chi connectivity index (χ1n) is 5.92. The van der Waals surface area contributed by atoms with E-state index in [1.807, 2.05) is 0 Å². The Morgan fingerprint density at radius 1 is 0.550 bits per heavy atom. The van der Waals surface area contributed by atoms with Gasteiger partial charge < -0.3 is 0 Å². The summed E-state index contributed by atoms with van der Waals surface area (Å²) >= 11 is 0. The van der Waals surface area contributed by atoms with Crippen LogP contribution in [0.1, 0.15) is 31.8 Å². The Kier molecular flexibility index (Phi) is 2.64. The fourth-order valence-electron chi connectivity index (χ4n) is 2.74. The minimum Gasteiger partial charge on any atom is -0.298 e. The molecule has 96 valence electrons. The first kappa shape index (κ1) is 12.2. The molecule has 4 nitrogen and oxygen atoms in total. The Morgan fingerprint density at radius 2 is 1.00 bits per heavy atom. The van der Waals surface area contributed by atoms with E-state index in [1.165, 1.54) is 0 Å². The number of hydrogen-bond donors (Lipinski definition) is 0. The summed E-state index contributed by atoms with van der Waals surface area (Å²) in [6, 6.07) is 6.37. The summed E-state index contributed by atoms with van der Waals surface area (Å²) in [4.78, 5) is 44.8. The number of rotatable bonds is 4. The molecule has 4 heteroatoms. The van der Waals surface area contributed by atoms with Crippen LogP contribution in [0.15, 0.2) is 24.3 Å². The fraction of sp³-hybridized carbons (Fsp3) is 0. The molecule has 0 aliphatic heterocycles. The largest absolute Gasteiger partial charge is 0.298 e. The van der Waals surface area contributed by atoms with Gasteiger partial charge >= 0.3 is 0 Å². The predicted molar refractivity (Wildman–Crippen MR) is 73.7 cm³/mol. The topological polar surface area (TPSA) is 68.3 Å². The molecule has 0 saturated carbocycles. The van der Waals surface area contributed by atoms with E-state index in [1.54, 1.807) is 24.3 Å². The van der Waals surface area contributed by atoms with Crippen molar-refractivity contribution in [3.8, 4) is 0 Å². The Morgan fingerprint density at radius 3 is 1.35 bits per heavy atom. The zero-order chi connectivity index (χ0) is 14.3. The van der Waals surface area contributed by atoms with Crippen molar-refractivity contribution in [2.45, 2.75) is 0 Å². The average molecular weight is 264 g/mol. The van der Waals surface area contributed by atoms with Gasteiger partial charge in [0.1, 0.15) is 0 Å². The van der Waals surface area contributed by atoms with Gasteiger partial charge in [-0.1, -0.05) is 24.3 Å². The van der Waals surface area contributed by atoms with E-state index >= 15 is 0 Å². The van der Waals surface area contributed by atoms with Crippen LogP contribution in [0.25, 0.3) is 21.9 Å². The van der Waals surface area contributed by atoms with Crippen LogP contribution < -0.4 is 0 Å². The first-order valence-corrected chi connectivity index (χ1v) is 5.92. The van der Waals surface area contributed by atoms with Gasteiger partial charge in [0.25, 0.3) is 0 Å². The highest BCUT2D eigenvalue weighted by atomic mass is 16.1. The van der Waals surface area contributed by atoms with E-state index in [9.17, 15) is 19.2 Å². The van der Waals surface area contributed by atoms with Gasteiger partial charge in [-0.3, -0.25) is 19.2 Å². The minimum atomic E-state index is 0.292. The van der Waals surface area contributed by atoms with Crippen molar-refractivity contribution >= 4 is 47.1 Å². The van der Waals surface area contributed by atoms with Crippen LogP contribution in [-0.4, -0.2) is 25.1 Å². The molecular weight excluding hydrogens is 256 g/mol.